The van der Waals surface area contributed by atoms with Crippen molar-refractivity contribution in [2.24, 2.45) is 0 Å². The second kappa shape index (κ2) is 4.99. The van der Waals surface area contributed by atoms with E-state index in [1.165, 1.54) is 14.1 Å². The van der Waals surface area contributed by atoms with Gasteiger partial charge in [0, 0.05) is 19.2 Å². The summed E-state index contributed by atoms with van der Waals surface area (Å²) < 4.78 is 35.6. The van der Waals surface area contributed by atoms with Gasteiger partial charge in [0.2, 0.25) is 5.91 Å². The lowest BCUT2D eigenvalue weighted by Crippen LogP contribution is -2.35. The number of hydrogen-bond acceptors (Lipinski definition) is 2. The van der Waals surface area contributed by atoms with Crippen LogP contribution in [-0.2, 0) is 4.79 Å². The van der Waals surface area contributed by atoms with Crippen LogP contribution in [0.25, 0.3) is 0 Å². The minimum Gasteiger partial charge on any atom is -0.355 e. The molecule has 0 aliphatic carbocycles. The van der Waals surface area contributed by atoms with Gasteiger partial charge in [0.1, 0.15) is 0 Å². The van der Waals surface area contributed by atoms with Crippen LogP contribution in [0.1, 0.15) is 0 Å². The number of carbonyl (C=O) groups is 1. The number of nitrogens with zero attached hydrogens (tertiary/aromatic N) is 1. The second-order valence-corrected chi connectivity index (χ2v) is 2.97. The maximum atomic E-state index is 11.9. The van der Waals surface area contributed by atoms with E-state index in [2.05, 4.69) is 11.9 Å². The van der Waals surface area contributed by atoms with E-state index in [0.717, 1.165) is 4.90 Å². The Bertz CT molecular complexity index is 225. The van der Waals surface area contributed by atoms with E-state index in [1.54, 1.807) is 0 Å². The fraction of sp³-hybridized carbons (Fsp3) is 0.625. The molecular formula is C8H13F3N2O. The first-order chi connectivity index (χ1) is 6.26. The van der Waals surface area contributed by atoms with Crippen LogP contribution in [0, 0.1) is 0 Å². The summed E-state index contributed by atoms with van der Waals surface area (Å²) in [6, 6.07) is 0. The topological polar surface area (TPSA) is 32.3 Å². The lowest BCUT2D eigenvalue weighted by molar-refractivity contribution is -0.142. The Morgan fingerprint density at radius 1 is 1.50 bits per heavy atom. The first kappa shape index (κ1) is 13.0. The molecule has 0 radical (unpaired) electrons. The lowest BCUT2D eigenvalue weighted by atomic mass is 10.2. The predicted octanol–water partition coefficient (Wildman–Crippen LogP) is 0.783. The van der Waals surface area contributed by atoms with E-state index in [0.29, 0.717) is 0 Å². The number of hydrogen-bond donors (Lipinski definition) is 1. The Morgan fingerprint density at radius 2 is 2.00 bits per heavy atom. The molecule has 0 aromatic carbocycles. The average Bonchev–Trinajstić information content (AvgIpc) is 1.99. The molecule has 0 rings (SSSR count). The van der Waals surface area contributed by atoms with Crippen LogP contribution in [0.3, 0.4) is 0 Å². The number of amides is 1. The Morgan fingerprint density at radius 3 is 2.36 bits per heavy atom. The van der Waals surface area contributed by atoms with Crippen LogP contribution < -0.4 is 5.32 Å². The fourth-order valence-corrected chi connectivity index (χ4v) is 0.936. The van der Waals surface area contributed by atoms with Crippen molar-refractivity contribution >= 4 is 5.91 Å². The van der Waals surface area contributed by atoms with Gasteiger partial charge in [-0.25, -0.2) is 0 Å². The van der Waals surface area contributed by atoms with Gasteiger partial charge in [-0.2, -0.15) is 13.2 Å². The predicted molar refractivity (Wildman–Crippen MR) is 46.8 cm³/mol. The fourth-order valence-electron chi connectivity index (χ4n) is 0.936. The van der Waals surface area contributed by atoms with E-state index < -0.39 is 18.6 Å². The van der Waals surface area contributed by atoms with Crippen LogP contribution >= 0.6 is 0 Å². The van der Waals surface area contributed by atoms with Gasteiger partial charge in [-0.05, 0) is 7.05 Å². The Kier molecular flexibility index (Phi) is 4.62. The van der Waals surface area contributed by atoms with E-state index in [4.69, 9.17) is 0 Å². The summed E-state index contributed by atoms with van der Waals surface area (Å²) in [7, 11) is 2.68. The molecule has 0 aromatic rings. The van der Waals surface area contributed by atoms with Gasteiger partial charge in [0.15, 0.2) is 0 Å². The Balaban J connectivity index is 4.01. The van der Waals surface area contributed by atoms with E-state index in [-0.39, 0.29) is 12.1 Å². The number of rotatable bonds is 4. The molecule has 0 bridgehead atoms. The first-order valence-corrected chi connectivity index (χ1v) is 3.91. The molecular weight excluding hydrogens is 197 g/mol. The van der Waals surface area contributed by atoms with Gasteiger partial charge < -0.3 is 5.32 Å². The molecule has 0 spiro atoms. The highest BCUT2D eigenvalue weighted by Crippen LogP contribution is 2.15. The number of halogens is 3. The monoisotopic (exact) mass is 210 g/mol. The summed E-state index contributed by atoms with van der Waals surface area (Å²) in [6.45, 7) is 2.22. The van der Waals surface area contributed by atoms with Crippen LogP contribution in [0.4, 0.5) is 13.2 Å². The third kappa shape index (κ3) is 5.58. The zero-order valence-corrected chi connectivity index (χ0v) is 8.11. The second-order valence-electron chi connectivity index (χ2n) is 2.97. The molecule has 1 N–H and O–H groups in total. The molecule has 0 unspecified atom stereocenters. The quantitative estimate of drug-likeness (QED) is 0.695. The van der Waals surface area contributed by atoms with Crippen molar-refractivity contribution in [1.29, 1.82) is 0 Å². The zero-order chi connectivity index (χ0) is 11.4. The summed E-state index contributed by atoms with van der Waals surface area (Å²) in [6.07, 6.45) is -4.25. The van der Waals surface area contributed by atoms with Crippen molar-refractivity contribution < 1.29 is 18.0 Å². The van der Waals surface area contributed by atoms with Crippen LogP contribution in [0.2, 0.25) is 0 Å². The van der Waals surface area contributed by atoms with Crippen LogP contribution in [-0.4, -0.2) is 44.2 Å². The molecule has 3 nitrogen and oxygen atoms in total. The van der Waals surface area contributed by atoms with Gasteiger partial charge >= 0.3 is 6.18 Å². The molecule has 6 heteroatoms. The number of nitrogens with one attached hydrogen (secondary N) is 1. The number of likely N-dealkylation sites (N-methyl/N-ethyl adjacent to an activating group) is 2. The van der Waals surface area contributed by atoms with Gasteiger partial charge in [-0.3, -0.25) is 9.69 Å². The van der Waals surface area contributed by atoms with Crippen molar-refractivity contribution in [1.82, 2.24) is 10.2 Å². The van der Waals surface area contributed by atoms with Crippen molar-refractivity contribution in [3.63, 3.8) is 0 Å². The van der Waals surface area contributed by atoms with E-state index in [1.807, 2.05) is 0 Å². The molecule has 0 aliphatic heterocycles. The number of alkyl halides is 3. The Labute approximate surface area is 80.6 Å². The normalized spacial score (nSPS) is 11.6. The summed E-state index contributed by atoms with van der Waals surface area (Å²) in [5, 5.41) is 2.29. The third-order valence-corrected chi connectivity index (χ3v) is 1.46. The maximum Gasteiger partial charge on any atom is 0.401 e. The summed E-state index contributed by atoms with van der Waals surface area (Å²) >= 11 is 0. The SMILES string of the molecule is C=C(CN(C)CC(F)(F)F)C(=O)NC. The molecule has 82 valence electrons. The highest BCUT2D eigenvalue weighted by atomic mass is 19.4. The standard InChI is InChI=1S/C8H13F3N2O/c1-6(7(14)12-2)4-13(3)5-8(9,10)11/h1,4-5H2,2-3H3,(H,12,14). The van der Waals surface area contributed by atoms with Gasteiger partial charge in [-0.1, -0.05) is 6.58 Å². The molecule has 0 saturated carbocycles. The number of carbonyl (C=O) groups excluding carboxylic acids is 1. The van der Waals surface area contributed by atoms with Crippen molar-refractivity contribution in [2.75, 3.05) is 27.2 Å². The van der Waals surface area contributed by atoms with Crippen LogP contribution in [0.15, 0.2) is 12.2 Å². The minimum absolute atomic E-state index is 0.0980. The minimum atomic E-state index is -4.25. The third-order valence-electron chi connectivity index (χ3n) is 1.46. The summed E-state index contributed by atoms with van der Waals surface area (Å²) in [5.41, 5.74) is 0.110. The van der Waals surface area contributed by atoms with Crippen molar-refractivity contribution in [3.8, 4) is 0 Å². The molecule has 0 atom stereocenters. The van der Waals surface area contributed by atoms with Crippen molar-refractivity contribution in [3.05, 3.63) is 12.2 Å². The average molecular weight is 210 g/mol. The summed E-state index contributed by atoms with van der Waals surface area (Å²) in [5.74, 6) is -0.445. The van der Waals surface area contributed by atoms with Gasteiger partial charge in [0.25, 0.3) is 0 Å². The van der Waals surface area contributed by atoms with Crippen molar-refractivity contribution in [2.45, 2.75) is 6.18 Å². The van der Waals surface area contributed by atoms with Gasteiger partial charge in [-0.15, -0.1) is 0 Å². The maximum absolute atomic E-state index is 11.9. The summed E-state index contributed by atoms with van der Waals surface area (Å²) in [4.78, 5) is 11.9. The molecule has 0 heterocycles. The van der Waals surface area contributed by atoms with Gasteiger partial charge in [0.05, 0.1) is 6.54 Å². The zero-order valence-electron chi connectivity index (χ0n) is 8.11. The Hall–Kier alpha value is -1.04. The molecule has 0 saturated heterocycles. The highest BCUT2D eigenvalue weighted by Gasteiger charge is 2.29. The molecule has 0 aromatic heterocycles. The largest absolute Gasteiger partial charge is 0.401 e. The van der Waals surface area contributed by atoms with E-state index >= 15 is 0 Å². The highest BCUT2D eigenvalue weighted by molar-refractivity contribution is 5.92. The van der Waals surface area contributed by atoms with E-state index in [9.17, 15) is 18.0 Å². The lowest BCUT2D eigenvalue weighted by Gasteiger charge is -2.18. The molecule has 0 aliphatic rings. The molecule has 14 heavy (non-hydrogen) atoms. The molecule has 1 amide bonds. The molecule has 0 fully saturated rings. The first-order valence-electron chi connectivity index (χ1n) is 3.91. The smallest absolute Gasteiger partial charge is 0.355 e. The van der Waals surface area contributed by atoms with Crippen LogP contribution in [0.5, 0.6) is 0 Å².